The number of nitrogens with zero attached hydrogens (tertiary/aromatic N) is 2. The number of benzene rings is 3. The Balaban J connectivity index is 1.44. The molecule has 0 amide bonds. The van der Waals surface area contributed by atoms with Gasteiger partial charge in [0.25, 0.3) is 0 Å². The van der Waals surface area contributed by atoms with Gasteiger partial charge >= 0.3 is 5.97 Å². The predicted octanol–water partition coefficient (Wildman–Crippen LogP) is 4.53. The number of aliphatic hydroxyl groups excluding tert-OH is 1. The molecule has 0 spiro atoms. The second kappa shape index (κ2) is 9.65. The first kappa shape index (κ1) is 22.7. The molecule has 0 saturated carbocycles. The minimum Gasteiger partial charge on any atom is -0.486 e. The van der Waals surface area contributed by atoms with Gasteiger partial charge in [-0.2, -0.15) is 0 Å². The Morgan fingerprint density at radius 1 is 1.14 bits per heavy atom. The van der Waals surface area contributed by atoms with E-state index in [9.17, 15) is 4.79 Å². The first-order chi connectivity index (χ1) is 17.0. The molecule has 0 fully saturated rings. The summed E-state index contributed by atoms with van der Waals surface area (Å²) in [4.78, 5) is 15.0. The monoisotopic (exact) mass is 493 g/mol. The highest BCUT2D eigenvalue weighted by molar-refractivity contribution is 6.36. The van der Waals surface area contributed by atoms with E-state index in [1.807, 2.05) is 36.4 Å². The molecule has 9 nitrogen and oxygen atoms in total. The highest BCUT2D eigenvalue weighted by atomic mass is 35.5. The molecular formula is C25H20ClN3O6. The quantitative estimate of drug-likeness (QED) is 0.320. The number of hydrogen-bond donors (Lipinski definition) is 3. The molecule has 1 aliphatic heterocycles. The van der Waals surface area contributed by atoms with E-state index in [0.29, 0.717) is 57.8 Å². The second-order valence-electron chi connectivity index (χ2n) is 7.75. The lowest BCUT2D eigenvalue weighted by Crippen LogP contribution is -2.22. The van der Waals surface area contributed by atoms with Crippen molar-refractivity contribution in [2.75, 3.05) is 25.1 Å². The van der Waals surface area contributed by atoms with Crippen LogP contribution in [0.25, 0.3) is 22.1 Å². The number of hydrogen-bond acceptors (Lipinski definition) is 8. The molecule has 0 saturated heterocycles. The molecular weight excluding hydrogens is 474 g/mol. The zero-order valence-corrected chi connectivity index (χ0v) is 19.0. The van der Waals surface area contributed by atoms with Gasteiger partial charge in [0, 0.05) is 11.8 Å². The fourth-order valence-corrected chi connectivity index (χ4v) is 3.96. The number of carboxylic acids is 1. The zero-order chi connectivity index (χ0) is 24.4. The van der Waals surface area contributed by atoms with E-state index < -0.39 is 18.6 Å². The summed E-state index contributed by atoms with van der Waals surface area (Å²) < 4.78 is 16.7. The van der Waals surface area contributed by atoms with Crippen LogP contribution in [0.4, 0.5) is 11.5 Å². The average molecular weight is 494 g/mol. The van der Waals surface area contributed by atoms with E-state index in [0.717, 1.165) is 11.1 Å². The van der Waals surface area contributed by atoms with Crippen LogP contribution in [-0.4, -0.2) is 53.4 Å². The lowest BCUT2D eigenvalue weighted by Gasteiger charge is -2.19. The topological polar surface area (TPSA) is 126 Å². The van der Waals surface area contributed by atoms with E-state index in [1.54, 1.807) is 18.2 Å². The van der Waals surface area contributed by atoms with E-state index in [4.69, 9.17) is 35.8 Å². The SMILES string of the molecule is O=C(O)[C@H](CO)N=Cc1ccc2onc(Nc3cccc(-c4ccc5c(c4)OCCO5)c3Cl)c2c1. The molecule has 4 aromatic rings. The predicted molar refractivity (Wildman–Crippen MR) is 131 cm³/mol. The Morgan fingerprint density at radius 2 is 1.97 bits per heavy atom. The number of ether oxygens (including phenoxy) is 2. The molecule has 10 heteroatoms. The summed E-state index contributed by atoms with van der Waals surface area (Å²) in [5.41, 5.74) is 3.46. The molecule has 1 atom stereocenters. The number of aromatic nitrogens is 1. The van der Waals surface area contributed by atoms with Gasteiger partial charge in [-0.1, -0.05) is 35.0 Å². The van der Waals surface area contributed by atoms with Crippen molar-refractivity contribution in [1.82, 2.24) is 5.16 Å². The summed E-state index contributed by atoms with van der Waals surface area (Å²) in [5.74, 6) is 0.608. The number of carbonyl (C=O) groups is 1. The number of rotatable bonds is 7. The van der Waals surface area contributed by atoms with Crippen LogP contribution >= 0.6 is 11.6 Å². The van der Waals surface area contributed by atoms with Gasteiger partial charge in [0.2, 0.25) is 0 Å². The average Bonchev–Trinajstić information content (AvgIpc) is 3.27. The standard InChI is InChI=1S/C25H20ClN3O6/c26-23-16(15-5-7-21-22(11-15)34-9-8-33-21)2-1-3-18(23)28-24-17-10-14(4-6-20(17)35-29-24)12-27-19(13-30)25(31)32/h1-7,10-12,19,30H,8-9,13H2,(H,28,29)(H,31,32)/t19-/m0/s1. The molecule has 0 aliphatic carbocycles. The Morgan fingerprint density at radius 3 is 2.77 bits per heavy atom. The van der Waals surface area contributed by atoms with E-state index >= 15 is 0 Å². The third kappa shape index (κ3) is 4.64. The maximum atomic E-state index is 11.1. The zero-order valence-electron chi connectivity index (χ0n) is 18.3. The molecule has 1 aromatic heterocycles. The number of halogens is 1. The summed E-state index contributed by atoms with van der Waals surface area (Å²) in [5, 5.41) is 26.7. The first-order valence-corrected chi connectivity index (χ1v) is 11.1. The van der Waals surface area contributed by atoms with Crippen molar-refractivity contribution in [3.8, 4) is 22.6 Å². The summed E-state index contributed by atoms with van der Waals surface area (Å²) >= 11 is 6.76. The third-order valence-electron chi connectivity index (χ3n) is 5.46. The van der Waals surface area contributed by atoms with Gasteiger partial charge in [0.1, 0.15) is 13.2 Å². The molecule has 35 heavy (non-hydrogen) atoms. The molecule has 3 N–H and O–H groups in total. The van der Waals surface area contributed by atoms with Crippen LogP contribution in [0.3, 0.4) is 0 Å². The number of aliphatic imine (C=N–C) groups is 1. The van der Waals surface area contributed by atoms with Crippen molar-refractivity contribution >= 4 is 46.3 Å². The van der Waals surface area contributed by atoms with Crippen molar-refractivity contribution in [3.05, 3.63) is 65.2 Å². The number of fused-ring (bicyclic) bond motifs is 2. The minimum atomic E-state index is -1.23. The van der Waals surface area contributed by atoms with Crippen LogP contribution in [0, 0.1) is 0 Å². The molecule has 0 unspecified atom stereocenters. The number of anilines is 2. The van der Waals surface area contributed by atoms with Gasteiger partial charge in [-0.15, -0.1) is 0 Å². The van der Waals surface area contributed by atoms with Crippen molar-refractivity contribution in [1.29, 1.82) is 0 Å². The van der Waals surface area contributed by atoms with Gasteiger partial charge in [-0.05, 0) is 47.5 Å². The van der Waals surface area contributed by atoms with E-state index in [1.165, 1.54) is 6.21 Å². The first-order valence-electron chi connectivity index (χ1n) is 10.8. The summed E-state index contributed by atoms with van der Waals surface area (Å²) in [7, 11) is 0. The van der Waals surface area contributed by atoms with Gasteiger partial charge in [0.15, 0.2) is 28.9 Å². The molecule has 0 bridgehead atoms. The van der Waals surface area contributed by atoms with Gasteiger partial charge in [0.05, 0.1) is 22.7 Å². The van der Waals surface area contributed by atoms with Crippen molar-refractivity contribution < 1.29 is 29.0 Å². The highest BCUT2D eigenvalue weighted by Crippen LogP contribution is 2.40. The van der Waals surface area contributed by atoms with Gasteiger partial charge in [-0.25, -0.2) is 4.79 Å². The molecule has 3 aromatic carbocycles. The van der Waals surface area contributed by atoms with Crippen LogP contribution in [0.1, 0.15) is 5.56 Å². The largest absolute Gasteiger partial charge is 0.486 e. The van der Waals surface area contributed by atoms with Crippen LogP contribution in [0.15, 0.2) is 64.1 Å². The van der Waals surface area contributed by atoms with Crippen molar-refractivity contribution in [3.63, 3.8) is 0 Å². The molecule has 2 heterocycles. The number of nitrogens with one attached hydrogen (secondary N) is 1. The summed E-state index contributed by atoms with van der Waals surface area (Å²) in [6.07, 6.45) is 1.39. The van der Waals surface area contributed by atoms with E-state index in [2.05, 4.69) is 15.5 Å². The Labute approximate surface area is 204 Å². The fourth-order valence-electron chi connectivity index (χ4n) is 3.68. The molecule has 178 valence electrons. The molecule has 1 aliphatic rings. The Bertz CT molecular complexity index is 1430. The van der Waals surface area contributed by atoms with Crippen LogP contribution in [0.2, 0.25) is 5.02 Å². The molecule has 0 radical (unpaired) electrons. The number of aliphatic hydroxyl groups is 1. The molecule has 5 rings (SSSR count). The lowest BCUT2D eigenvalue weighted by atomic mass is 10.0. The fraction of sp³-hybridized carbons (Fsp3) is 0.160. The lowest BCUT2D eigenvalue weighted by molar-refractivity contribution is -0.139. The van der Waals surface area contributed by atoms with Gasteiger partial charge in [-0.3, -0.25) is 4.99 Å². The van der Waals surface area contributed by atoms with Crippen LogP contribution < -0.4 is 14.8 Å². The Kier molecular flexibility index (Phi) is 6.26. The van der Waals surface area contributed by atoms with Crippen molar-refractivity contribution in [2.45, 2.75) is 6.04 Å². The van der Waals surface area contributed by atoms with Crippen LogP contribution in [-0.2, 0) is 4.79 Å². The highest BCUT2D eigenvalue weighted by Gasteiger charge is 2.17. The van der Waals surface area contributed by atoms with Crippen LogP contribution in [0.5, 0.6) is 11.5 Å². The maximum Gasteiger partial charge on any atom is 0.330 e. The summed E-state index contributed by atoms with van der Waals surface area (Å²) in [6, 6.07) is 15.2. The van der Waals surface area contributed by atoms with E-state index in [-0.39, 0.29) is 0 Å². The smallest absolute Gasteiger partial charge is 0.330 e. The number of aliphatic carboxylic acids is 1. The summed E-state index contributed by atoms with van der Waals surface area (Å²) in [6.45, 7) is 0.425. The third-order valence-corrected chi connectivity index (χ3v) is 5.87. The minimum absolute atomic E-state index is 0.438. The Hall–Kier alpha value is -4.08. The van der Waals surface area contributed by atoms with Crippen molar-refractivity contribution in [2.24, 2.45) is 4.99 Å². The second-order valence-corrected chi connectivity index (χ2v) is 8.13. The maximum absolute atomic E-state index is 11.1. The number of carboxylic acid groups (broad SMARTS) is 1. The normalized spacial score (nSPS) is 13.8. The van der Waals surface area contributed by atoms with Gasteiger partial charge < -0.3 is 29.5 Å².